The van der Waals surface area contributed by atoms with Crippen LogP contribution < -0.4 is 11.3 Å². The van der Waals surface area contributed by atoms with E-state index in [-0.39, 0.29) is 0 Å². The topological polar surface area (TPSA) is 63.8 Å². The van der Waals surface area contributed by atoms with Crippen LogP contribution in [0.4, 0.5) is 5.82 Å². The van der Waals surface area contributed by atoms with Gasteiger partial charge in [0.15, 0.2) is 5.82 Å². The van der Waals surface area contributed by atoms with Crippen molar-refractivity contribution in [2.75, 3.05) is 5.43 Å². The highest BCUT2D eigenvalue weighted by Gasteiger charge is 2.05. The summed E-state index contributed by atoms with van der Waals surface area (Å²) < 4.78 is 0. The number of hydrazine groups is 1. The molecule has 0 aliphatic rings. The van der Waals surface area contributed by atoms with E-state index in [1.54, 1.807) is 0 Å². The lowest BCUT2D eigenvalue weighted by Crippen LogP contribution is -2.11. The van der Waals surface area contributed by atoms with E-state index in [9.17, 15) is 0 Å². The zero-order valence-corrected chi connectivity index (χ0v) is 7.63. The number of hydrogen-bond acceptors (Lipinski definition) is 4. The van der Waals surface area contributed by atoms with Crippen LogP contribution in [0.25, 0.3) is 0 Å². The van der Waals surface area contributed by atoms with Gasteiger partial charge >= 0.3 is 0 Å². The van der Waals surface area contributed by atoms with Crippen LogP contribution in [-0.2, 0) is 0 Å². The number of nitrogens with two attached hydrogens (primary N) is 1. The molecule has 3 N–H and O–H groups in total. The van der Waals surface area contributed by atoms with Crippen LogP contribution in [0.3, 0.4) is 0 Å². The molecule has 1 aromatic rings. The van der Waals surface area contributed by atoms with Gasteiger partial charge in [-0.25, -0.2) is 5.84 Å². The molecule has 0 fully saturated rings. The quantitative estimate of drug-likeness (QED) is 0.511. The molecule has 0 saturated carbocycles. The molecule has 0 saturated heterocycles. The van der Waals surface area contributed by atoms with Gasteiger partial charge in [0.25, 0.3) is 0 Å². The van der Waals surface area contributed by atoms with Crippen LogP contribution in [0.2, 0.25) is 0 Å². The van der Waals surface area contributed by atoms with E-state index in [1.807, 2.05) is 13.0 Å². The van der Waals surface area contributed by atoms with Gasteiger partial charge in [-0.3, -0.25) is 0 Å². The van der Waals surface area contributed by atoms with Crippen molar-refractivity contribution < 1.29 is 0 Å². The molecule has 0 radical (unpaired) electrons. The number of nitrogen functional groups attached to an aromatic ring is 1. The first-order chi connectivity index (χ1) is 5.65. The summed E-state index contributed by atoms with van der Waals surface area (Å²) in [5, 5.41) is 7.95. The summed E-state index contributed by atoms with van der Waals surface area (Å²) >= 11 is 0. The van der Waals surface area contributed by atoms with Gasteiger partial charge in [-0.05, 0) is 24.5 Å². The zero-order valence-electron chi connectivity index (χ0n) is 7.63. The molecule has 0 aliphatic carbocycles. The van der Waals surface area contributed by atoms with Crippen molar-refractivity contribution in [1.29, 1.82) is 0 Å². The van der Waals surface area contributed by atoms with E-state index in [2.05, 4.69) is 29.5 Å². The molecule has 12 heavy (non-hydrogen) atoms. The molecule has 4 heteroatoms. The molecule has 1 aromatic heterocycles. The molecule has 0 spiro atoms. The summed E-state index contributed by atoms with van der Waals surface area (Å²) in [6, 6.07) is 1.89. The highest BCUT2D eigenvalue weighted by molar-refractivity contribution is 5.36. The first-order valence-electron chi connectivity index (χ1n) is 3.96. The summed E-state index contributed by atoms with van der Waals surface area (Å²) in [4.78, 5) is 0. The second-order valence-corrected chi connectivity index (χ2v) is 3.10. The molecule has 1 rings (SSSR count). The number of anilines is 1. The van der Waals surface area contributed by atoms with E-state index in [0.29, 0.717) is 11.7 Å². The van der Waals surface area contributed by atoms with E-state index < -0.39 is 0 Å². The Bertz CT molecular complexity index is 270. The Kier molecular flexibility index (Phi) is 2.60. The van der Waals surface area contributed by atoms with Crippen molar-refractivity contribution in [2.24, 2.45) is 5.84 Å². The second-order valence-electron chi connectivity index (χ2n) is 3.10. The number of rotatable bonds is 2. The van der Waals surface area contributed by atoms with Crippen molar-refractivity contribution in [3.63, 3.8) is 0 Å². The van der Waals surface area contributed by atoms with Crippen LogP contribution in [0.5, 0.6) is 0 Å². The lowest BCUT2D eigenvalue weighted by atomic mass is 10.1. The first-order valence-corrected chi connectivity index (χ1v) is 3.96. The molecule has 0 bridgehead atoms. The van der Waals surface area contributed by atoms with Gasteiger partial charge in [0.2, 0.25) is 0 Å². The maximum absolute atomic E-state index is 5.19. The Morgan fingerprint density at radius 1 is 1.42 bits per heavy atom. The fourth-order valence-corrected chi connectivity index (χ4v) is 1.14. The minimum atomic E-state index is 0.407. The second kappa shape index (κ2) is 3.49. The van der Waals surface area contributed by atoms with Crippen LogP contribution in [0, 0.1) is 6.92 Å². The summed E-state index contributed by atoms with van der Waals surface area (Å²) in [5.74, 6) is 6.21. The fraction of sp³-hybridized carbons (Fsp3) is 0.500. The van der Waals surface area contributed by atoms with Crippen LogP contribution in [0.15, 0.2) is 6.07 Å². The fourth-order valence-electron chi connectivity index (χ4n) is 1.14. The van der Waals surface area contributed by atoms with E-state index in [4.69, 9.17) is 5.84 Å². The van der Waals surface area contributed by atoms with Gasteiger partial charge in [-0.2, -0.15) is 5.10 Å². The van der Waals surface area contributed by atoms with Gasteiger partial charge in [0.1, 0.15) is 0 Å². The lowest BCUT2D eigenvalue weighted by Gasteiger charge is -2.07. The Hall–Kier alpha value is -1.16. The van der Waals surface area contributed by atoms with E-state index in [0.717, 1.165) is 11.3 Å². The smallest absolute Gasteiger partial charge is 0.162 e. The number of hydrogen-bond donors (Lipinski definition) is 2. The Morgan fingerprint density at radius 2 is 2.08 bits per heavy atom. The van der Waals surface area contributed by atoms with Gasteiger partial charge in [-0.1, -0.05) is 13.8 Å². The monoisotopic (exact) mass is 166 g/mol. The van der Waals surface area contributed by atoms with Crippen LogP contribution in [-0.4, -0.2) is 10.2 Å². The number of nitrogens with one attached hydrogen (secondary N) is 1. The van der Waals surface area contributed by atoms with Crippen molar-refractivity contribution in [3.8, 4) is 0 Å². The standard InChI is InChI=1S/C8H14N4/c1-5(2)8-6(3)4-7(10-9)11-12-8/h4-5H,9H2,1-3H3,(H,10,11). The van der Waals surface area contributed by atoms with Gasteiger partial charge < -0.3 is 5.43 Å². The molecule has 1 heterocycles. The molecular weight excluding hydrogens is 152 g/mol. The first kappa shape index (κ1) is 8.93. The third-order valence-corrected chi connectivity index (χ3v) is 1.72. The summed E-state index contributed by atoms with van der Waals surface area (Å²) in [6.07, 6.45) is 0. The Labute approximate surface area is 72.2 Å². The molecule has 0 amide bonds. The Balaban J connectivity index is 3.03. The van der Waals surface area contributed by atoms with Crippen molar-refractivity contribution >= 4 is 5.82 Å². The van der Waals surface area contributed by atoms with Gasteiger partial charge in [-0.15, -0.1) is 5.10 Å². The third-order valence-electron chi connectivity index (χ3n) is 1.72. The van der Waals surface area contributed by atoms with Gasteiger partial charge in [0, 0.05) is 0 Å². The van der Waals surface area contributed by atoms with Crippen molar-refractivity contribution in [3.05, 3.63) is 17.3 Å². The number of aromatic nitrogens is 2. The van der Waals surface area contributed by atoms with Crippen LogP contribution >= 0.6 is 0 Å². The van der Waals surface area contributed by atoms with Gasteiger partial charge in [0.05, 0.1) is 5.69 Å². The Morgan fingerprint density at radius 3 is 2.50 bits per heavy atom. The molecule has 0 aliphatic heterocycles. The minimum absolute atomic E-state index is 0.407. The average molecular weight is 166 g/mol. The molecule has 0 unspecified atom stereocenters. The van der Waals surface area contributed by atoms with Crippen molar-refractivity contribution in [2.45, 2.75) is 26.7 Å². The van der Waals surface area contributed by atoms with E-state index >= 15 is 0 Å². The average Bonchev–Trinajstić information content (AvgIpc) is 2.03. The predicted molar refractivity (Wildman–Crippen MR) is 48.7 cm³/mol. The maximum Gasteiger partial charge on any atom is 0.162 e. The van der Waals surface area contributed by atoms with E-state index in [1.165, 1.54) is 0 Å². The highest BCUT2D eigenvalue weighted by atomic mass is 15.3. The maximum atomic E-state index is 5.19. The zero-order chi connectivity index (χ0) is 9.14. The van der Waals surface area contributed by atoms with Crippen molar-refractivity contribution in [1.82, 2.24) is 10.2 Å². The predicted octanol–water partition coefficient (Wildman–Crippen LogP) is 1.19. The normalized spacial score (nSPS) is 10.4. The number of nitrogens with zero attached hydrogens (tertiary/aromatic N) is 2. The molecule has 4 nitrogen and oxygen atoms in total. The molecule has 0 atom stereocenters. The molecule has 66 valence electrons. The summed E-state index contributed by atoms with van der Waals surface area (Å²) in [6.45, 7) is 6.18. The SMILES string of the molecule is Cc1cc(NN)nnc1C(C)C. The summed E-state index contributed by atoms with van der Waals surface area (Å²) in [5.41, 5.74) is 4.60. The number of aryl methyl sites for hydroxylation is 1. The largest absolute Gasteiger partial charge is 0.307 e. The van der Waals surface area contributed by atoms with Crippen LogP contribution in [0.1, 0.15) is 31.0 Å². The lowest BCUT2D eigenvalue weighted by molar-refractivity contribution is 0.775. The highest BCUT2D eigenvalue weighted by Crippen LogP contribution is 2.16. The third kappa shape index (κ3) is 1.71. The molecular formula is C8H14N4. The summed E-state index contributed by atoms with van der Waals surface area (Å²) in [7, 11) is 0. The molecule has 0 aromatic carbocycles. The minimum Gasteiger partial charge on any atom is -0.307 e.